The van der Waals surface area contributed by atoms with Gasteiger partial charge in [-0.05, 0) is 25.7 Å². The Bertz CT molecular complexity index is 629. The highest BCUT2D eigenvalue weighted by Gasteiger charge is 2.15. The Balaban J connectivity index is 1.56. The lowest BCUT2D eigenvalue weighted by Crippen LogP contribution is -2.23. The van der Waals surface area contributed by atoms with Crippen LogP contribution in [0.1, 0.15) is 25.7 Å². The summed E-state index contributed by atoms with van der Waals surface area (Å²) < 4.78 is 17.5. The first-order chi connectivity index (χ1) is 10.8. The van der Waals surface area contributed by atoms with Crippen LogP contribution in [0.15, 0.2) is 39.6 Å². The van der Waals surface area contributed by atoms with Crippen LogP contribution >= 0.6 is 0 Å². The molecule has 1 fully saturated rings. The molecule has 118 valence electrons. The topological polar surface area (TPSA) is 66.5 Å². The maximum absolute atomic E-state index is 11.8. The van der Waals surface area contributed by atoms with Crippen LogP contribution < -0.4 is 5.76 Å². The molecule has 0 amide bonds. The van der Waals surface area contributed by atoms with Crippen molar-refractivity contribution in [3.63, 3.8) is 0 Å². The summed E-state index contributed by atoms with van der Waals surface area (Å²) in [6.07, 6.45) is 3.81. The number of aromatic nitrogens is 2. The highest BCUT2D eigenvalue weighted by atomic mass is 16.7. The minimum absolute atomic E-state index is 0.0958. The molecule has 1 saturated heterocycles. The largest absolute Gasteiger partial charge is 0.441 e. The van der Waals surface area contributed by atoms with E-state index in [0.717, 1.165) is 31.4 Å². The van der Waals surface area contributed by atoms with E-state index in [9.17, 15) is 4.79 Å². The fraction of sp³-hybridized carbons (Fsp3) is 0.500. The van der Waals surface area contributed by atoms with Gasteiger partial charge in [-0.25, -0.2) is 4.79 Å². The molecule has 0 bridgehead atoms. The van der Waals surface area contributed by atoms with E-state index in [4.69, 9.17) is 14.0 Å². The smallest absolute Gasteiger partial charge is 0.353 e. The minimum Gasteiger partial charge on any atom is -0.353 e. The van der Waals surface area contributed by atoms with Crippen molar-refractivity contribution >= 4 is 0 Å². The second-order valence-corrected chi connectivity index (χ2v) is 5.31. The first-order valence-electron chi connectivity index (χ1n) is 7.70. The quantitative estimate of drug-likeness (QED) is 0.767. The van der Waals surface area contributed by atoms with E-state index < -0.39 is 5.76 Å². The zero-order valence-electron chi connectivity index (χ0n) is 12.4. The van der Waals surface area contributed by atoms with Gasteiger partial charge in [0.2, 0.25) is 0 Å². The number of ether oxygens (including phenoxy) is 2. The normalized spacial score (nSPS) is 18.5. The summed E-state index contributed by atoms with van der Waals surface area (Å²) in [6.45, 7) is 1.84. The molecule has 3 rings (SSSR count). The van der Waals surface area contributed by atoms with Crippen LogP contribution in [-0.4, -0.2) is 29.2 Å². The van der Waals surface area contributed by atoms with Gasteiger partial charge >= 0.3 is 5.76 Å². The molecule has 1 unspecified atom stereocenters. The van der Waals surface area contributed by atoms with Gasteiger partial charge < -0.3 is 9.47 Å². The summed E-state index contributed by atoms with van der Waals surface area (Å²) in [7, 11) is 0. The van der Waals surface area contributed by atoms with E-state index in [1.54, 1.807) is 4.57 Å². The van der Waals surface area contributed by atoms with E-state index in [-0.39, 0.29) is 6.29 Å². The molecule has 1 atom stereocenters. The number of benzene rings is 1. The molecule has 1 aliphatic heterocycles. The highest BCUT2D eigenvalue weighted by molar-refractivity contribution is 5.54. The van der Waals surface area contributed by atoms with Crippen molar-refractivity contribution in [3.8, 4) is 11.4 Å². The molecule has 0 radical (unpaired) electrons. The Morgan fingerprint density at radius 3 is 2.91 bits per heavy atom. The number of hydrogen-bond donors (Lipinski definition) is 0. The van der Waals surface area contributed by atoms with Gasteiger partial charge in [0.05, 0.1) is 6.61 Å². The van der Waals surface area contributed by atoms with E-state index in [1.165, 1.54) is 0 Å². The van der Waals surface area contributed by atoms with Gasteiger partial charge in [0.1, 0.15) is 0 Å². The Morgan fingerprint density at radius 1 is 1.27 bits per heavy atom. The van der Waals surface area contributed by atoms with Crippen molar-refractivity contribution < 1.29 is 14.0 Å². The fourth-order valence-corrected chi connectivity index (χ4v) is 2.54. The Hall–Kier alpha value is -1.92. The molecule has 6 nitrogen and oxygen atoms in total. The van der Waals surface area contributed by atoms with E-state index >= 15 is 0 Å². The van der Waals surface area contributed by atoms with Crippen molar-refractivity contribution in [2.45, 2.75) is 38.5 Å². The lowest BCUT2D eigenvalue weighted by molar-refractivity contribution is -0.163. The van der Waals surface area contributed by atoms with Gasteiger partial charge in [-0.15, -0.1) is 0 Å². The average molecular weight is 304 g/mol. The zero-order valence-corrected chi connectivity index (χ0v) is 12.4. The molecule has 6 heteroatoms. The molecule has 0 saturated carbocycles. The van der Waals surface area contributed by atoms with Crippen LogP contribution in [-0.2, 0) is 16.0 Å². The van der Waals surface area contributed by atoms with Gasteiger partial charge in [-0.1, -0.05) is 35.5 Å². The van der Waals surface area contributed by atoms with Crippen molar-refractivity contribution in [2.24, 2.45) is 0 Å². The first-order valence-corrected chi connectivity index (χ1v) is 7.70. The van der Waals surface area contributed by atoms with E-state index in [1.807, 2.05) is 30.3 Å². The zero-order chi connectivity index (χ0) is 15.2. The molecule has 0 spiro atoms. The summed E-state index contributed by atoms with van der Waals surface area (Å²) >= 11 is 0. The van der Waals surface area contributed by atoms with Crippen LogP contribution in [0, 0.1) is 0 Å². The summed E-state index contributed by atoms with van der Waals surface area (Å²) in [5, 5.41) is 3.86. The number of rotatable bonds is 6. The third-order valence-corrected chi connectivity index (χ3v) is 3.69. The Labute approximate surface area is 128 Å². The van der Waals surface area contributed by atoms with Crippen LogP contribution in [0.5, 0.6) is 0 Å². The molecular formula is C16H20N2O4. The number of hydrogen-bond acceptors (Lipinski definition) is 5. The molecular weight excluding hydrogens is 284 g/mol. The maximum Gasteiger partial charge on any atom is 0.441 e. The van der Waals surface area contributed by atoms with Crippen LogP contribution in [0.3, 0.4) is 0 Å². The molecule has 0 aliphatic carbocycles. The third kappa shape index (κ3) is 3.64. The Morgan fingerprint density at radius 2 is 2.14 bits per heavy atom. The predicted octanol–water partition coefficient (Wildman–Crippen LogP) is 2.44. The predicted molar refractivity (Wildman–Crippen MR) is 80.4 cm³/mol. The molecule has 1 aliphatic rings. The second kappa shape index (κ2) is 7.38. The fourth-order valence-electron chi connectivity index (χ4n) is 2.54. The van der Waals surface area contributed by atoms with Crippen molar-refractivity contribution in [1.29, 1.82) is 0 Å². The lowest BCUT2D eigenvalue weighted by Gasteiger charge is -2.22. The summed E-state index contributed by atoms with van der Waals surface area (Å²) in [4.78, 5) is 11.8. The summed E-state index contributed by atoms with van der Waals surface area (Å²) in [5.41, 5.74) is 0.866. The van der Waals surface area contributed by atoms with Gasteiger partial charge in [0, 0.05) is 18.7 Å². The standard InChI is InChI=1S/C16H20N2O4/c19-16-18(10-6-12-21-14-9-4-5-11-20-14)15(17-22-16)13-7-2-1-3-8-13/h1-3,7-8,14H,4-6,9-12H2. The van der Waals surface area contributed by atoms with Gasteiger partial charge in [0.25, 0.3) is 0 Å². The first kappa shape index (κ1) is 15.0. The van der Waals surface area contributed by atoms with E-state index in [2.05, 4.69) is 5.16 Å². The maximum atomic E-state index is 11.8. The van der Waals surface area contributed by atoms with Crippen LogP contribution in [0.4, 0.5) is 0 Å². The van der Waals surface area contributed by atoms with E-state index in [0.29, 0.717) is 25.4 Å². The molecule has 2 heterocycles. The molecule has 1 aromatic heterocycles. The highest BCUT2D eigenvalue weighted by Crippen LogP contribution is 2.16. The van der Waals surface area contributed by atoms with Crippen LogP contribution in [0.2, 0.25) is 0 Å². The van der Waals surface area contributed by atoms with Crippen molar-refractivity contribution in [1.82, 2.24) is 9.72 Å². The molecule has 2 aromatic rings. The molecule has 0 N–H and O–H groups in total. The second-order valence-electron chi connectivity index (χ2n) is 5.31. The lowest BCUT2D eigenvalue weighted by atomic mass is 10.2. The Kier molecular flexibility index (Phi) is 5.03. The SMILES string of the molecule is O=c1onc(-c2ccccc2)n1CCCOC1CCCCO1. The third-order valence-electron chi connectivity index (χ3n) is 3.69. The van der Waals surface area contributed by atoms with Gasteiger partial charge in [-0.3, -0.25) is 9.09 Å². The van der Waals surface area contributed by atoms with Gasteiger partial charge in [0.15, 0.2) is 12.1 Å². The summed E-state index contributed by atoms with van der Waals surface area (Å²) in [5.74, 6) is 0.118. The monoisotopic (exact) mass is 304 g/mol. The molecule has 1 aromatic carbocycles. The molecule has 22 heavy (non-hydrogen) atoms. The number of nitrogens with zero attached hydrogens (tertiary/aromatic N) is 2. The summed E-state index contributed by atoms with van der Waals surface area (Å²) in [6, 6.07) is 9.54. The van der Waals surface area contributed by atoms with Crippen LogP contribution in [0.25, 0.3) is 11.4 Å². The van der Waals surface area contributed by atoms with Crippen molar-refractivity contribution in [3.05, 3.63) is 40.9 Å². The van der Waals surface area contributed by atoms with Gasteiger partial charge in [-0.2, -0.15) is 0 Å². The average Bonchev–Trinajstić information content (AvgIpc) is 2.94. The minimum atomic E-state index is -0.437. The van der Waals surface area contributed by atoms with Crippen molar-refractivity contribution in [2.75, 3.05) is 13.2 Å².